The van der Waals surface area contributed by atoms with Crippen molar-refractivity contribution in [3.8, 4) is 0 Å². The minimum absolute atomic E-state index is 0. The largest absolute Gasteiger partial charge is 1.00 e. The summed E-state index contributed by atoms with van der Waals surface area (Å²) in [7, 11) is 0. The molecular formula is C26H42BrN3O2. The lowest BCUT2D eigenvalue weighted by molar-refractivity contribution is -0.773. The highest BCUT2D eigenvalue weighted by molar-refractivity contribution is 5.32. The van der Waals surface area contributed by atoms with Crippen LogP contribution in [0.5, 0.6) is 0 Å². The summed E-state index contributed by atoms with van der Waals surface area (Å²) < 4.78 is 4.67. The second-order valence-electron chi connectivity index (χ2n) is 8.92. The molecule has 6 heteroatoms. The van der Waals surface area contributed by atoms with Gasteiger partial charge in [-0.25, -0.2) is 0 Å². The Morgan fingerprint density at radius 3 is 1.84 bits per heavy atom. The van der Waals surface area contributed by atoms with Crippen molar-refractivity contribution >= 4 is 5.69 Å². The quantitative estimate of drug-likeness (QED) is 0.149. The maximum atomic E-state index is 10.9. The molecule has 5 nitrogen and oxygen atoms in total. The number of nitro benzene ring substituents is 1. The van der Waals surface area contributed by atoms with E-state index in [-0.39, 0.29) is 27.6 Å². The molecule has 0 radical (unpaired) electrons. The van der Waals surface area contributed by atoms with E-state index in [0.29, 0.717) is 0 Å². The summed E-state index contributed by atoms with van der Waals surface area (Å²) in [5.41, 5.74) is 3.75. The van der Waals surface area contributed by atoms with Crippen LogP contribution >= 0.6 is 0 Å². The number of aryl methyl sites for hydroxylation is 2. The van der Waals surface area contributed by atoms with Crippen LogP contribution in [0.25, 0.3) is 0 Å². The predicted octanol–water partition coefficient (Wildman–Crippen LogP) is 4.05. The van der Waals surface area contributed by atoms with Gasteiger partial charge in [-0.1, -0.05) is 77.6 Å². The van der Waals surface area contributed by atoms with Crippen molar-refractivity contribution in [2.45, 2.75) is 111 Å². The molecule has 0 aliphatic carbocycles. The Morgan fingerprint density at radius 2 is 1.34 bits per heavy atom. The molecule has 2 aromatic rings. The van der Waals surface area contributed by atoms with Gasteiger partial charge in [0.25, 0.3) is 5.69 Å². The Balaban J connectivity index is 0.00000512. The number of hydrogen-bond acceptors (Lipinski definition) is 2. The van der Waals surface area contributed by atoms with Gasteiger partial charge < -0.3 is 17.0 Å². The Bertz CT molecular complexity index is 787. The first-order chi connectivity index (χ1) is 15.0. The van der Waals surface area contributed by atoms with Gasteiger partial charge in [0.05, 0.1) is 17.2 Å². The highest BCUT2D eigenvalue weighted by Crippen LogP contribution is 2.14. The normalized spacial score (nSPS) is 10.8. The van der Waals surface area contributed by atoms with Crippen LogP contribution in [-0.4, -0.2) is 9.61 Å². The van der Waals surface area contributed by atoms with E-state index in [1.54, 1.807) is 12.1 Å². The Hall–Kier alpha value is -1.69. The minimum Gasteiger partial charge on any atom is -1.00 e. The lowest BCUT2D eigenvalue weighted by Crippen LogP contribution is -3.00. The lowest BCUT2D eigenvalue weighted by Gasteiger charge is -2.07. The summed E-state index contributed by atoms with van der Waals surface area (Å²) in [6.45, 7) is 8.36. The molecule has 0 atom stereocenters. The molecule has 1 aromatic heterocycles. The molecule has 0 bridgehead atoms. The zero-order chi connectivity index (χ0) is 22.5. The summed E-state index contributed by atoms with van der Waals surface area (Å²) in [5.74, 6) is 0. The fraction of sp³-hybridized carbons (Fsp3) is 0.654. The zero-order valence-electron chi connectivity index (χ0n) is 20.3. The van der Waals surface area contributed by atoms with E-state index < -0.39 is 0 Å². The van der Waals surface area contributed by atoms with Crippen LogP contribution in [0.3, 0.4) is 0 Å². The summed E-state index contributed by atoms with van der Waals surface area (Å²) in [6, 6.07) is 9.14. The van der Waals surface area contributed by atoms with Crippen LogP contribution in [-0.2, 0) is 13.1 Å². The molecule has 1 aromatic carbocycles. The van der Waals surface area contributed by atoms with Gasteiger partial charge >= 0.3 is 0 Å². The lowest BCUT2D eigenvalue weighted by atomic mass is 10.1. The summed E-state index contributed by atoms with van der Waals surface area (Å²) in [6.07, 6.45) is 16.4. The number of non-ortho nitro benzene ring substituents is 1. The minimum atomic E-state index is -0.345. The first-order valence-corrected chi connectivity index (χ1v) is 12.3. The Kier molecular flexibility index (Phi) is 14.2. The fourth-order valence-corrected chi connectivity index (χ4v) is 4.34. The maximum absolute atomic E-state index is 10.9. The van der Waals surface area contributed by atoms with Crippen molar-refractivity contribution in [2.24, 2.45) is 0 Å². The molecule has 0 amide bonds. The molecule has 0 unspecified atom stereocenters. The molecule has 180 valence electrons. The third-order valence-corrected chi connectivity index (χ3v) is 6.23. The van der Waals surface area contributed by atoms with Crippen LogP contribution in [0, 0.1) is 24.0 Å². The number of aromatic nitrogens is 2. The van der Waals surface area contributed by atoms with E-state index >= 15 is 0 Å². The van der Waals surface area contributed by atoms with Gasteiger partial charge in [0.1, 0.15) is 0 Å². The van der Waals surface area contributed by atoms with Crippen molar-refractivity contribution < 1.29 is 26.6 Å². The standard InChI is InChI=1S/C26H42N3O2.BrH/c1-4-5-6-7-8-9-10-11-12-13-14-15-20-27-23(2)21-24(3)28(27)22-25-16-18-26(19-17-25)29(30)31;/h16-19,21H,4-15,20,22H2,1-3H3;1H/q+1;/p-1. The number of benzene rings is 1. The summed E-state index contributed by atoms with van der Waals surface area (Å²) >= 11 is 0. The summed E-state index contributed by atoms with van der Waals surface area (Å²) in [4.78, 5) is 10.5. The second kappa shape index (κ2) is 16.0. The molecule has 0 N–H and O–H groups in total. The second-order valence-corrected chi connectivity index (χ2v) is 8.92. The molecule has 1 heterocycles. The molecule has 32 heavy (non-hydrogen) atoms. The molecule has 0 saturated heterocycles. The third-order valence-electron chi connectivity index (χ3n) is 6.23. The van der Waals surface area contributed by atoms with Crippen molar-refractivity contribution in [1.29, 1.82) is 0 Å². The third kappa shape index (κ3) is 9.85. The van der Waals surface area contributed by atoms with Gasteiger partial charge in [0.2, 0.25) is 5.69 Å². The van der Waals surface area contributed by atoms with E-state index in [1.807, 2.05) is 12.1 Å². The topological polar surface area (TPSA) is 52.0 Å². The molecular weight excluding hydrogens is 466 g/mol. The molecule has 2 rings (SSSR count). The average molecular weight is 509 g/mol. The monoisotopic (exact) mass is 507 g/mol. The Labute approximate surface area is 205 Å². The molecule has 0 fully saturated rings. The smallest absolute Gasteiger partial charge is 0.269 e. The number of unbranched alkanes of at least 4 members (excludes halogenated alkanes) is 11. The number of nitrogens with zero attached hydrogens (tertiary/aromatic N) is 3. The fourth-order valence-electron chi connectivity index (χ4n) is 4.34. The first kappa shape index (κ1) is 28.3. The average Bonchev–Trinajstić information content (AvgIpc) is 3.01. The highest BCUT2D eigenvalue weighted by Gasteiger charge is 2.18. The van der Waals surface area contributed by atoms with Crippen LogP contribution in [0.4, 0.5) is 5.69 Å². The van der Waals surface area contributed by atoms with Crippen molar-refractivity contribution in [1.82, 2.24) is 4.68 Å². The van der Waals surface area contributed by atoms with Crippen LogP contribution in [0.15, 0.2) is 30.3 Å². The van der Waals surface area contributed by atoms with Crippen LogP contribution in [0.1, 0.15) is 101 Å². The number of hydrogen-bond donors (Lipinski definition) is 0. The number of rotatable bonds is 16. The van der Waals surface area contributed by atoms with E-state index in [9.17, 15) is 10.1 Å². The van der Waals surface area contributed by atoms with E-state index in [2.05, 4.69) is 36.2 Å². The maximum Gasteiger partial charge on any atom is 0.269 e. The zero-order valence-corrected chi connectivity index (χ0v) is 21.9. The highest BCUT2D eigenvalue weighted by atomic mass is 79.9. The van der Waals surface area contributed by atoms with Gasteiger partial charge in [0, 0.05) is 30.7 Å². The van der Waals surface area contributed by atoms with Gasteiger partial charge in [0.15, 0.2) is 6.54 Å². The molecule has 0 aliphatic rings. The molecule has 0 saturated carbocycles. The Morgan fingerprint density at radius 1 is 0.844 bits per heavy atom. The molecule has 0 spiro atoms. The predicted molar refractivity (Wildman–Crippen MR) is 127 cm³/mol. The number of nitro groups is 1. The number of halogens is 1. The van der Waals surface area contributed by atoms with E-state index in [4.69, 9.17) is 0 Å². The van der Waals surface area contributed by atoms with E-state index in [1.165, 1.54) is 88.4 Å². The van der Waals surface area contributed by atoms with Gasteiger partial charge in [-0.15, -0.1) is 4.68 Å². The van der Waals surface area contributed by atoms with Crippen molar-refractivity contribution in [3.05, 3.63) is 57.4 Å². The van der Waals surface area contributed by atoms with Gasteiger partial charge in [-0.3, -0.25) is 10.1 Å². The van der Waals surface area contributed by atoms with Crippen molar-refractivity contribution in [2.75, 3.05) is 0 Å². The van der Waals surface area contributed by atoms with Gasteiger partial charge in [-0.05, 0) is 25.5 Å². The van der Waals surface area contributed by atoms with Gasteiger partial charge in [-0.2, -0.15) is 4.68 Å². The van der Waals surface area contributed by atoms with Crippen LogP contribution in [0.2, 0.25) is 0 Å². The molecule has 0 aliphatic heterocycles. The van der Waals surface area contributed by atoms with Crippen LogP contribution < -0.4 is 21.7 Å². The summed E-state index contributed by atoms with van der Waals surface area (Å²) in [5, 5.41) is 10.9. The SMILES string of the molecule is CCCCCCCCCCCCCCn1c(C)cc(C)[n+]1Cc1ccc([N+](=O)[O-])cc1.[Br-]. The van der Waals surface area contributed by atoms with Crippen molar-refractivity contribution in [3.63, 3.8) is 0 Å². The van der Waals surface area contributed by atoms with E-state index in [0.717, 1.165) is 18.7 Å². The first-order valence-electron chi connectivity index (χ1n) is 12.3.